The Labute approximate surface area is 179 Å². The summed E-state index contributed by atoms with van der Waals surface area (Å²) >= 11 is 1.04. The lowest BCUT2D eigenvalue weighted by Crippen LogP contribution is -2.41. The Morgan fingerprint density at radius 2 is 1.68 bits per heavy atom. The Hall–Kier alpha value is -4.29. The van der Waals surface area contributed by atoms with E-state index in [2.05, 4.69) is 0 Å². The van der Waals surface area contributed by atoms with Crippen molar-refractivity contribution >= 4 is 34.7 Å². The van der Waals surface area contributed by atoms with E-state index in [-0.39, 0.29) is 37.7 Å². The molecule has 1 aromatic heterocycles. The Morgan fingerprint density at radius 1 is 1.10 bits per heavy atom. The summed E-state index contributed by atoms with van der Waals surface area (Å²) < 4.78 is 1.66. The number of allylic oxidation sites excluding steroid dienone is 1. The summed E-state index contributed by atoms with van der Waals surface area (Å²) in [6, 6.07) is 14.2. The zero-order chi connectivity index (χ0) is 22.3. The van der Waals surface area contributed by atoms with Gasteiger partial charge in [0.15, 0.2) is 0 Å². The minimum Gasteiger partial charge on any atom is -0.508 e. The van der Waals surface area contributed by atoms with Crippen LogP contribution in [0.1, 0.15) is 17.0 Å². The molecule has 1 amide bonds. The number of thiazole rings is 1. The summed E-state index contributed by atoms with van der Waals surface area (Å²) in [7, 11) is 0. The highest BCUT2D eigenvalue weighted by atomic mass is 32.1. The summed E-state index contributed by atoms with van der Waals surface area (Å²) in [6.45, 7) is 0. The summed E-state index contributed by atoms with van der Waals surface area (Å²) in [5.41, 5.74) is 12.7. The zero-order valence-corrected chi connectivity index (χ0v) is 16.8. The van der Waals surface area contributed by atoms with Crippen LogP contribution in [0.15, 0.2) is 58.9 Å². The lowest BCUT2D eigenvalue weighted by Gasteiger charge is -2.24. The van der Waals surface area contributed by atoms with Crippen molar-refractivity contribution in [2.24, 2.45) is 11.5 Å². The molecule has 6 N–H and O–H groups in total. The highest BCUT2D eigenvalue weighted by Crippen LogP contribution is 2.36. The molecule has 31 heavy (non-hydrogen) atoms. The number of phenolic OH excluding ortho intramolecular Hbond substituents is 2. The molecule has 0 saturated carbocycles. The number of nitrogens with two attached hydrogens (primary N) is 2. The fourth-order valence-corrected chi connectivity index (χ4v) is 4.69. The molecule has 0 radical (unpaired) electrons. The van der Waals surface area contributed by atoms with E-state index in [4.69, 9.17) is 11.5 Å². The Morgan fingerprint density at radius 3 is 2.23 bits per heavy atom. The lowest BCUT2D eigenvalue weighted by atomic mass is 9.83. The van der Waals surface area contributed by atoms with Crippen molar-refractivity contribution in [3.8, 4) is 17.6 Å². The number of hydrogen-bond donors (Lipinski definition) is 4. The van der Waals surface area contributed by atoms with E-state index in [1.807, 2.05) is 6.07 Å². The molecule has 0 bridgehead atoms. The average molecular weight is 432 g/mol. The molecule has 0 saturated heterocycles. The third kappa shape index (κ3) is 3.35. The van der Waals surface area contributed by atoms with Gasteiger partial charge in [-0.3, -0.25) is 14.2 Å². The van der Waals surface area contributed by atoms with E-state index in [1.54, 1.807) is 30.3 Å². The molecule has 2 aromatic carbocycles. The van der Waals surface area contributed by atoms with Crippen molar-refractivity contribution in [2.75, 3.05) is 0 Å². The van der Waals surface area contributed by atoms with E-state index in [1.165, 1.54) is 24.3 Å². The molecule has 0 fully saturated rings. The summed E-state index contributed by atoms with van der Waals surface area (Å²) in [5.74, 6) is -1.62. The number of phenols is 2. The van der Waals surface area contributed by atoms with E-state index < -0.39 is 17.4 Å². The van der Waals surface area contributed by atoms with Crippen LogP contribution in [0.4, 0.5) is 0 Å². The molecule has 1 aliphatic heterocycles. The van der Waals surface area contributed by atoms with Gasteiger partial charge in [-0.1, -0.05) is 24.3 Å². The first-order valence-corrected chi connectivity index (χ1v) is 9.89. The molecule has 4 rings (SSSR count). The number of rotatable bonds is 3. The number of aromatic nitrogens is 1. The van der Waals surface area contributed by atoms with Crippen molar-refractivity contribution in [2.45, 2.75) is 5.92 Å². The Balaban J connectivity index is 2.07. The zero-order valence-electron chi connectivity index (χ0n) is 15.9. The SMILES string of the molecule is N#CC1=C(N)n2c(s/c(=C\c3ccc(O)cc3)c2=O)=C(C(N)=O)[C@H]1c1ccc(O)cc1. The number of benzene rings is 2. The van der Waals surface area contributed by atoms with Gasteiger partial charge >= 0.3 is 0 Å². The molecule has 1 aliphatic rings. The average Bonchev–Trinajstić information content (AvgIpc) is 3.06. The first kappa shape index (κ1) is 20.0. The third-order valence-corrected chi connectivity index (χ3v) is 6.06. The highest BCUT2D eigenvalue weighted by Gasteiger charge is 2.34. The third-order valence-electron chi connectivity index (χ3n) is 4.95. The summed E-state index contributed by atoms with van der Waals surface area (Å²) in [5, 5.41) is 28.8. The molecule has 154 valence electrons. The Bertz CT molecular complexity index is 1460. The van der Waals surface area contributed by atoms with Gasteiger partial charge in [-0.05, 0) is 41.5 Å². The van der Waals surface area contributed by atoms with E-state index in [0.29, 0.717) is 11.1 Å². The maximum absolute atomic E-state index is 13.1. The number of hydrogen-bond acceptors (Lipinski definition) is 7. The van der Waals surface area contributed by atoms with Crippen molar-refractivity contribution in [1.82, 2.24) is 4.57 Å². The van der Waals surface area contributed by atoms with E-state index in [9.17, 15) is 25.1 Å². The van der Waals surface area contributed by atoms with Gasteiger partial charge in [0.2, 0.25) is 5.91 Å². The number of carbonyl (C=O) groups excluding carboxylic acids is 1. The standard InChI is InChI=1S/C22H16N4O4S/c23-10-15-17(12-3-7-14(28)8-4-12)18(20(25)29)22-26(19(15)24)21(30)16(31-22)9-11-1-5-13(27)6-2-11/h1-9,17,27-28H,24H2,(H2,25,29)/b16-9-/t17-/m0/s1. The summed E-state index contributed by atoms with van der Waals surface area (Å²) in [6.07, 6.45) is 1.60. The fraction of sp³-hybridized carbons (Fsp3) is 0.0455. The van der Waals surface area contributed by atoms with Gasteiger partial charge in [-0.25, -0.2) is 0 Å². The first-order chi connectivity index (χ1) is 14.8. The predicted molar refractivity (Wildman–Crippen MR) is 116 cm³/mol. The lowest BCUT2D eigenvalue weighted by molar-refractivity contribution is -0.113. The molecule has 1 atom stereocenters. The normalized spacial score (nSPS) is 16.2. The molecular formula is C22H16N4O4S. The number of fused-ring (bicyclic) bond motifs is 1. The van der Waals surface area contributed by atoms with Crippen LogP contribution < -0.4 is 26.2 Å². The highest BCUT2D eigenvalue weighted by molar-refractivity contribution is 7.07. The van der Waals surface area contributed by atoms with Gasteiger partial charge < -0.3 is 21.7 Å². The van der Waals surface area contributed by atoms with Crippen LogP contribution in [-0.4, -0.2) is 20.7 Å². The second kappa shape index (κ2) is 7.51. The smallest absolute Gasteiger partial charge is 0.274 e. The molecule has 0 unspecified atom stereocenters. The number of aromatic hydroxyl groups is 2. The van der Waals surface area contributed by atoms with Crippen LogP contribution >= 0.6 is 11.3 Å². The predicted octanol–water partition coefficient (Wildman–Crippen LogP) is 0.234. The molecule has 0 spiro atoms. The van der Waals surface area contributed by atoms with Crippen LogP contribution in [-0.2, 0) is 4.79 Å². The number of carbonyl (C=O) groups is 1. The Kier molecular flexibility index (Phi) is 4.85. The number of primary amides is 1. The van der Waals surface area contributed by atoms with E-state index in [0.717, 1.165) is 15.9 Å². The van der Waals surface area contributed by atoms with Crippen molar-refractivity contribution < 1.29 is 15.0 Å². The van der Waals surface area contributed by atoms with Crippen LogP contribution in [0.25, 0.3) is 17.5 Å². The quantitative estimate of drug-likeness (QED) is 0.464. The fourth-order valence-electron chi connectivity index (χ4n) is 3.51. The van der Waals surface area contributed by atoms with Crippen LogP contribution in [0.5, 0.6) is 11.5 Å². The van der Waals surface area contributed by atoms with Crippen molar-refractivity contribution in [1.29, 1.82) is 5.26 Å². The van der Waals surface area contributed by atoms with Gasteiger partial charge in [-0.15, -0.1) is 11.3 Å². The second-order valence-electron chi connectivity index (χ2n) is 6.86. The maximum Gasteiger partial charge on any atom is 0.274 e. The minimum atomic E-state index is -0.873. The second-order valence-corrected chi connectivity index (χ2v) is 7.89. The first-order valence-electron chi connectivity index (χ1n) is 9.07. The molecule has 3 aromatic rings. The molecule has 2 heterocycles. The molecule has 9 heteroatoms. The number of amides is 1. The van der Waals surface area contributed by atoms with Gasteiger partial charge in [0.25, 0.3) is 5.56 Å². The summed E-state index contributed by atoms with van der Waals surface area (Å²) in [4.78, 5) is 25.6. The van der Waals surface area contributed by atoms with Gasteiger partial charge in [-0.2, -0.15) is 5.26 Å². The van der Waals surface area contributed by atoms with Gasteiger partial charge in [0.05, 0.1) is 27.7 Å². The van der Waals surface area contributed by atoms with Crippen molar-refractivity contribution in [3.05, 3.63) is 84.8 Å². The molecule has 8 nitrogen and oxygen atoms in total. The van der Waals surface area contributed by atoms with Gasteiger partial charge in [0, 0.05) is 0 Å². The largest absolute Gasteiger partial charge is 0.508 e. The van der Waals surface area contributed by atoms with Crippen LogP contribution in [0.2, 0.25) is 0 Å². The van der Waals surface area contributed by atoms with Crippen molar-refractivity contribution in [3.63, 3.8) is 0 Å². The number of nitrogens with zero attached hydrogens (tertiary/aromatic N) is 2. The maximum atomic E-state index is 13.1. The topological polar surface area (TPSA) is 155 Å². The van der Waals surface area contributed by atoms with Gasteiger partial charge in [0.1, 0.15) is 22.0 Å². The molecular weight excluding hydrogens is 416 g/mol. The minimum absolute atomic E-state index is 0.0167. The monoisotopic (exact) mass is 432 g/mol. The number of nitriles is 1. The van der Waals surface area contributed by atoms with Crippen LogP contribution in [0, 0.1) is 11.3 Å². The molecule has 0 aliphatic carbocycles. The van der Waals surface area contributed by atoms with Crippen LogP contribution in [0.3, 0.4) is 0 Å². The van der Waals surface area contributed by atoms with E-state index >= 15 is 0 Å².